The molecule has 3 nitrogen and oxygen atoms in total. The molecule has 0 radical (unpaired) electrons. The molecule has 0 aromatic carbocycles. The standard InChI is InChI=1S/C9H16O3/c1-5-3-4-7(6(2)10)8(5)9(11)12/h5-8,10H,3-4H2,1-2H3,(H,11,12). The number of hydrogen-bond acceptors (Lipinski definition) is 2. The Hall–Kier alpha value is -0.570. The summed E-state index contributed by atoms with van der Waals surface area (Å²) in [7, 11) is 0. The molecule has 0 spiro atoms. The third-order valence-corrected chi connectivity index (χ3v) is 2.93. The third kappa shape index (κ3) is 1.61. The van der Waals surface area contributed by atoms with E-state index in [0.717, 1.165) is 12.8 Å². The zero-order chi connectivity index (χ0) is 9.30. The van der Waals surface area contributed by atoms with Crippen molar-refractivity contribution in [3.63, 3.8) is 0 Å². The lowest BCUT2D eigenvalue weighted by atomic mass is 9.87. The minimum absolute atomic E-state index is 0.0440. The molecule has 1 saturated carbocycles. The van der Waals surface area contributed by atoms with Crippen LogP contribution in [0.1, 0.15) is 26.7 Å². The fourth-order valence-electron chi connectivity index (χ4n) is 2.20. The highest BCUT2D eigenvalue weighted by Gasteiger charge is 2.40. The fourth-order valence-corrected chi connectivity index (χ4v) is 2.20. The lowest BCUT2D eigenvalue weighted by molar-refractivity contribution is -0.145. The van der Waals surface area contributed by atoms with Crippen LogP contribution in [0, 0.1) is 17.8 Å². The maximum atomic E-state index is 10.8. The van der Waals surface area contributed by atoms with Crippen LogP contribution in [-0.4, -0.2) is 22.3 Å². The van der Waals surface area contributed by atoms with Gasteiger partial charge in [0.25, 0.3) is 0 Å². The Balaban J connectivity index is 2.70. The monoisotopic (exact) mass is 172 g/mol. The molecule has 0 aliphatic heterocycles. The van der Waals surface area contributed by atoms with Gasteiger partial charge in [-0.15, -0.1) is 0 Å². The number of aliphatic carboxylic acids is 1. The van der Waals surface area contributed by atoms with Crippen molar-refractivity contribution in [3.05, 3.63) is 0 Å². The van der Waals surface area contributed by atoms with Crippen LogP contribution in [0.25, 0.3) is 0 Å². The molecule has 0 bridgehead atoms. The summed E-state index contributed by atoms with van der Waals surface area (Å²) in [6.07, 6.45) is 1.28. The molecular weight excluding hydrogens is 156 g/mol. The third-order valence-electron chi connectivity index (χ3n) is 2.93. The van der Waals surface area contributed by atoms with Crippen molar-refractivity contribution in [2.45, 2.75) is 32.8 Å². The molecule has 0 aromatic rings. The molecule has 1 aliphatic carbocycles. The molecule has 2 N–H and O–H groups in total. The maximum absolute atomic E-state index is 10.8. The average molecular weight is 172 g/mol. The smallest absolute Gasteiger partial charge is 0.307 e. The number of carboxylic acid groups (broad SMARTS) is 1. The molecule has 0 heterocycles. The Morgan fingerprint density at radius 2 is 2.08 bits per heavy atom. The molecule has 4 atom stereocenters. The van der Waals surface area contributed by atoms with Gasteiger partial charge in [0.05, 0.1) is 12.0 Å². The Labute approximate surface area is 72.4 Å². The lowest BCUT2D eigenvalue weighted by Gasteiger charge is -2.20. The topological polar surface area (TPSA) is 57.5 Å². The van der Waals surface area contributed by atoms with E-state index in [1.165, 1.54) is 0 Å². The van der Waals surface area contributed by atoms with Crippen LogP contribution in [0.5, 0.6) is 0 Å². The van der Waals surface area contributed by atoms with Crippen LogP contribution in [0.3, 0.4) is 0 Å². The van der Waals surface area contributed by atoms with Gasteiger partial charge < -0.3 is 10.2 Å². The predicted molar refractivity (Wildman–Crippen MR) is 44.7 cm³/mol. The van der Waals surface area contributed by atoms with Crippen LogP contribution in [-0.2, 0) is 4.79 Å². The molecule has 1 fully saturated rings. The van der Waals surface area contributed by atoms with Gasteiger partial charge in [-0.25, -0.2) is 0 Å². The molecule has 0 aromatic heterocycles. The van der Waals surface area contributed by atoms with Gasteiger partial charge in [0, 0.05) is 0 Å². The molecule has 0 saturated heterocycles. The maximum Gasteiger partial charge on any atom is 0.307 e. The van der Waals surface area contributed by atoms with Crippen molar-refractivity contribution in [3.8, 4) is 0 Å². The van der Waals surface area contributed by atoms with E-state index in [9.17, 15) is 9.90 Å². The minimum Gasteiger partial charge on any atom is -0.481 e. The van der Waals surface area contributed by atoms with Crippen molar-refractivity contribution in [2.75, 3.05) is 0 Å². The van der Waals surface area contributed by atoms with Crippen molar-refractivity contribution in [1.29, 1.82) is 0 Å². The Morgan fingerprint density at radius 3 is 2.42 bits per heavy atom. The first kappa shape index (κ1) is 9.52. The van der Waals surface area contributed by atoms with Crippen molar-refractivity contribution >= 4 is 5.97 Å². The van der Waals surface area contributed by atoms with Crippen LogP contribution < -0.4 is 0 Å². The first-order valence-corrected chi connectivity index (χ1v) is 4.45. The van der Waals surface area contributed by atoms with E-state index < -0.39 is 12.1 Å². The van der Waals surface area contributed by atoms with Crippen LogP contribution in [0.2, 0.25) is 0 Å². The molecule has 1 aliphatic rings. The summed E-state index contributed by atoms with van der Waals surface area (Å²) in [5.74, 6) is -0.935. The van der Waals surface area contributed by atoms with Gasteiger partial charge in [0.2, 0.25) is 0 Å². The minimum atomic E-state index is -0.758. The van der Waals surface area contributed by atoms with Gasteiger partial charge in [-0.2, -0.15) is 0 Å². The normalized spacial score (nSPS) is 38.1. The number of carbonyl (C=O) groups is 1. The molecule has 12 heavy (non-hydrogen) atoms. The lowest BCUT2D eigenvalue weighted by Crippen LogP contribution is -2.29. The summed E-state index contributed by atoms with van der Waals surface area (Å²) < 4.78 is 0. The number of hydrogen-bond donors (Lipinski definition) is 2. The summed E-state index contributed by atoms with van der Waals surface area (Å²) in [6.45, 7) is 3.62. The van der Waals surface area contributed by atoms with E-state index in [1.807, 2.05) is 6.92 Å². The van der Waals surface area contributed by atoms with Crippen LogP contribution >= 0.6 is 0 Å². The fraction of sp³-hybridized carbons (Fsp3) is 0.889. The highest BCUT2D eigenvalue weighted by molar-refractivity contribution is 5.71. The van der Waals surface area contributed by atoms with E-state index in [1.54, 1.807) is 6.92 Å². The average Bonchev–Trinajstić information content (AvgIpc) is 2.30. The number of aliphatic hydroxyl groups is 1. The second-order valence-electron chi connectivity index (χ2n) is 3.82. The van der Waals surface area contributed by atoms with Crippen molar-refractivity contribution < 1.29 is 15.0 Å². The van der Waals surface area contributed by atoms with Crippen molar-refractivity contribution in [2.24, 2.45) is 17.8 Å². The summed E-state index contributed by atoms with van der Waals surface area (Å²) in [4.78, 5) is 10.8. The van der Waals surface area contributed by atoms with Gasteiger partial charge in [0.15, 0.2) is 0 Å². The zero-order valence-corrected chi connectivity index (χ0v) is 7.53. The van der Waals surface area contributed by atoms with E-state index in [4.69, 9.17) is 5.11 Å². The van der Waals surface area contributed by atoms with Crippen LogP contribution in [0.15, 0.2) is 0 Å². The Morgan fingerprint density at radius 1 is 1.50 bits per heavy atom. The number of aliphatic hydroxyl groups excluding tert-OH is 1. The first-order chi connectivity index (χ1) is 5.54. The Bertz CT molecular complexity index is 177. The van der Waals surface area contributed by atoms with Gasteiger partial charge >= 0.3 is 5.97 Å². The second-order valence-corrected chi connectivity index (χ2v) is 3.82. The van der Waals surface area contributed by atoms with Gasteiger partial charge in [-0.1, -0.05) is 6.92 Å². The molecule has 3 heteroatoms. The molecule has 1 rings (SSSR count). The number of rotatable bonds is 2. The largest absolute Gasteiger partial charge is 0.481 e. The summed E-state index contributed by atoms with van der Waals surface area (Å²) >= 11 is 0. The summed E-state index contributed by atoms with van der Waals surface area (Å²) in [5.41, 5.74) is 0. The van der Waals surface area contributed by atoms with E-state index in [-0.39, 0.29) is 17.8 Å². The van der Waals surface area contributed by atoms with Crippen LogP contribution in [0.4, 0.5) is 0 Å². The van der Waals surface area contributed by atoms with Gasteiger partial charge in [0.1, 0.15) is 0 Å². The molecule has 70 valence electrons. The van der Waals surface area contributed by atoms with E-state index in [2.05, 4.69) is 0 Å². The summed E-state index contributed by atoms with van der Waals surface area (Å²) in [5, 5.41) is 18.2. The predicted octanol–water partition coefficient (Wildman–Crippen LogP) is 1.11. The van der Waals surface area contributed by atoms with Crippen molar-refractivity contribution in [1.82, 2.24) is 0 Å². The zero-order valence-electron chi connectivity index (χ0n) is 7.53. The molecular formula is C9H16O3. The molecule has 4 unspecified atom stereocenters. The van der Waals surface area contributed by atoms with Gasteiger partial charge in [-0.3, -0.25) is 4.79 Å². The Kier molecular flexibility index (Phi) is 2.73. The highest BCUT2D eigenvalue weighted by Crippen LogP contribution is 2.38. The molecule has 0 amide bonds. The van der Waals surface area contributed by atoms with Gasteiger partial charge in [-0.05, 0) is 31.6 Å². The highest BCUT2D eigenvalue weighted by atomic mass is 16.4. The van der Waals surface area contributed by atoms with E-state index in [0.29, 0.717) is 0 Å². The van der Waals surface area contributed by atoms with E-state index >= 15 is 0 Å². The number of carboxylic acids is 1. The SMILES string of the molecule is CC(O)C1CCC(C)C1C(=O)O. The quantitative estimate of drug-likeness (QED) is 0.656. The first-order valence-electron chi connectivity index (χ1n) is 4.45. The summed E-state index contributed by atoms with van der Waals surface area (Å²) in [6, 6.07) is 0. The second kappa shape index (κ2) is 3.44.